The average Bonchev–Trinajstić information content (AvgIpc) is 1.59. The summed E-state index contributed by atoms with van der Waals surface area (Å²) < 4.78 is 0. The first-order chi connectivity index (χ1) is 4.42. The predicted molar refractivity (Wildman–Crippen MR) is 43.8 cm³/mol. The molecule has 1 heteroatoms. The summed E-state index contributed by atoms with van der Waals surface area (Å²) in [4.78, 5) is 0. The first kappa shape index (κ1) is 9.48. The highest BCUT2D eigenvalue weighted by molar-refractivity contribution is 4.96. The molecule has 0 bridgehead atoms. The van der Waals surface area contributed by atoms with Gasteiger partial charge in [0.25, 0.3) is 0 Å². The van der Waals surface area contributed by atoms with E-state index in [-0.39, 0.29) is 0 Å². The number of rotatable bonds is 2. The van der Waals surface area contributed by atoms with E-state index in [4.69, 9.17) is 0 Å². The Bertz CT molecular complexity index is 143. The van der Waals surface area contributed by atoms with Gasteiger partial charge in [0.05, 0.1) is 5.60 Å². The third-order valence-electron chi connectivity index (χ3n) is 0.866. The zero-order valence-electron chi connectivity index (χ0n) is 7.18. The molecule has 1 nitrogen and oxygen atoms in total. The lowest BCUT2D eigenvalue weighted by Crippen LogP contribution is -2.12. The van der Waals surface area contributed by atoms with Crippen molar-refractivity contribution in [3.63, 3.8) is 0 Å². The monoisotopic (exact) mass is 140 g/mol. The molecule has 0 unspecified atom stereocenters. The van der Waals surface area contributed by atoms with Crippen LogP contribution in [-0.2, 0) is 0 Å². The highest BCUT2D eigenvalue weighted by Gasteiger charge is 2.04. The van der Waals surface area contributed by atoms with Crippen molar-refractivity contribution in [1.29, 1.82) is 0 Å². The van der Waals surface area contributed by atoms with E-state index in [0.29, 0.717) is 5.92 Å². The van der Waals surface area contributed by atoms with Crippen molar-refractivity contribution in [3.8, 4) is 0 Å². The van der Waals surface area contributed by atoms with Crippen LogP contribution in [0, 0.1) is 5.92 Å². The molecular weight excluding hydrogens is 124 g/mol. The van der Waals surface area contributed by atoms with E-state index in [1.54, 1.807) is 19.9 Å². The lowest BCUT2D eigenvalue weighted by Gasteiger charge is -2.07. The Morgan fingerprint density at radius 2 is 1.90 bits per heavy atom. The Morgan fingerprint density at radius 1 is 1.40 bits per heavy atom. The maximum atomic E-state index is 9.19. The third-order valence-corrected chi connectivity index (χ3v) is 0.866. The van der Waals surface area contributed by atoms with Crippen molar-refractivity contribution >= 4 is 0 Å². The van der Waals surface area contributed by atoms with E-state index in [9.17, 15) is 5.11 Å². The minimum absolute atomic E-state index is 0.499. The van der Waals surface area contributed by atoms with E-state index in [1.807, 2.05) is 6.08 Å². The number of aliphatic hydroxyl groups is 1. The van der Waals surface area contributed by atoms with Gasteiger partial charge in [-0.1, -0.05) is 13.8 Å². The van der Waals surface area contributed by atoms with Crippen molar-refractivity contribution in [3.05, 3.63) is 17.9 Å². The molecular formula is C9H16O. The van der Waals surface area contributed by atoms with Crippen molar-refractivity contribution in [2.24, 2.45) is 5.92 Å². The van der Waals surface area contributed by atoms with Gasteiger partial charge in [-0.15, -0.1) is 5.73 Å². The van der Waals surface area contributed by atoms with E-state index in [1.165, 1.54) is 0 Å². The molecule has 0 aromatic rings. The van der Waals surface area contributed by atoms with Crippen LogP contribution in [0.4, 0.5) is 0 Å². The molecule has 10 heavy (non-hydrogen) atoms. The van der Waals surface area contributed by atoms with Gasteiger partial charge in [0.2, 0.25) is 0 Å². The number of hydrogen-bond donors (Lipinski definition) is 1. The highest BCUT2D eigenvalue weighted by atomic mass is 16.3. The Balaban J connectivity index is 3.99. The van der Waals surface area contributed by atoms with Crippen LogP contribution in [0.2, 0.25) is 0 Å². The first-order valence-corrected chi connectivity index (χ1v) is 3.58. The summed E-state index contributed by atoms with van der Waals surface area (Å²) in [6, 6.07) is 0. The first-order valence-electron chi connectivity index (χ1n) is 3.58. The fourth-order valence-electron chi connectivity index (χ4n) is 0.444. The minimum atomic E-state index is -0.731. The van der Waals surface area contributed by atoms with Gasteiger partial charge in [0.15, 0.2) is 0 Å². The molecule has 0 aliphatic heterocycles. The molecule has 0 aliphatic rings. The van der Waals surface area contributed by atoms with E-state index < -0.39 is 5.60 Å². The van der Waals surface area contributed by atoms with E-state index in [2.05, 4.69) is 19.6 Å². The molecule has 58 valence electrons. The molecule has 0 heterocycles. The Labute approximate surface area is 63.1 Å². The summed E-state index contributed by atoms with van der Waals surface area (Å²) in [6.07, 6.45) is 3.59. The molecule has 0 aromatic heterocycles. The summed E-state index contributed by atoms with van der Waals surface area (Å²) >= 11 is 0. The molecule has 0 aromatic carbocycles. The summed E-state index contributed by atoms with van der Waals surface area (Å²) in [5.41, 5.74) is 2.19. The van der Waals surface area contributed by atoms with Gasteiger partial charge in [0.1, 0.15) is 0 Å². The zero-order valence-corrected chi connectivity index (χ0v) is 7.18. The van der Waals surface area contributed by atoms with Crippen LogP contribution >= 0.6 is 0 Å². The van der Waals surface area contributed by atoms with Gasteiger partial charge in [-0.25, -0.2) is 0 Å². The van der Waals surface area contributed by atoms with Crippen molar-refractivity contribution < 1.29 is 5.11 Å². The second-order valence-corrected chi connectivity index (χ2v) is 3.38. The summed E-state index contributed by atoms with van der Waals surface area (Å²) in [6.45, 7) is 7.61. The maximum absolute atomic E-state index is 9.19. The summed E-state index contributed by atoms with van der Waals surface area (Å²) in [5, 5.41) is 9.19. The van der Waals surface area contributed by atoms with Crippen molar-refractivity contribution in [1.82, 2.24) is 0 Å². The SMILES string of the molecule is CC(C)C=C=CC(C)(C)O. The smallest absolute Gasteiger partial charge is 0.0844 e. The van der Waals surface area contributed by atoms with E-state index in [0.717, 1.165) is 0 Å². The largest absolute Gasteiger partial charge is 0.386 e. The fraction of sp³-hybridized carbons (Fsp3) is 0.667. The molecule has 0 fully saturated rings. The topological polar surface area (TPSA) is 20.2 Å². The molecule has 0 radical (unpaired) electrons. The molecule has 0 atom stereocenters. The van der Waals surface area contributed by atoms with E-state index >= 15 is 0 Å². The zero-order chi connectivity index (χ0) is 8.20. The Kier molecular flexibility index (Phi) is 3.41. The van der Waals surface area contributed by atoms with Crippen LogP contribution in [0.25, 0.3) is 0 Å². The van der Waals surface area contributed by atoms with Crippen LogP contribution in [0.15, 0.2) is 17.9 Å². The van der Waals surface area contributed by atoms with Gasteiger partial charge in [-0.05, 0) is 31.9 Å². The second-order valence-electron chi connectivity index (χ2n) is 3.38. The molecule has 0 spiro atoms. The van der Waals surface area contributed by atoms with Gasteiger partial charge in [-0.3, -0.25) is 0 Å². The lowest BCUT2D eigenvalue weighted by molar-refractivity contribution is 0.133. The van der Waals surface area contributed by atoms with Crippen LogP contribution in [-0.4, -0.2) is 10.7 Å². The van der Waals surface area contributed by atoms with Gasteiger partial charge in [-0.2, -0.15) is 0 Å². The van der Waals surface area contributed by atoms with Crippen LogP contribution in [0.3, 0.4) is 0 Å². The summed E-state index contributed by atoms with van der Waals surface area (Å²) in [5.74, 6) is 0.499. The normalized spacial score (nSPS) is 11.0. The maximum Gasteiger partial charge on any atom is 0.0844 e. The van der Waals surface area contributed by atoms with Crippen LogP contribution < -0.4 is 0 Å². The minimum Gasteiger partial charge on any atom is -0.386 e. The Morgan fingerprint density at radius 3 is 2.20 bits per heavy atom. The predicted octanol–water partition coefficient (Wildman–Crippen LogP) is 2.12. The molecule has 0 amide bonds. The summed E-state index contributed by atoms with van der Waals surface area (Å²) in [7, 11) is 0. The fourth-order valence-corrected chi connectivity index (χ4v) is 0.444. The standard InChI is InChI=1S/C9H16O/c1-8(2)6-5-7-9(3,4)10/h6-8,10H,1-4H3. The number of hydrogen-bond acceptors (Lipinski definition) is 1. The molecule has 0 rings (SSSR count). The van der Waals surface area contributed by atoms with Gasteiger partial charge in [0, 0.05) is 0 Å². The molecule has 1 N–H and O–H groups in total. The highest BCUT2D eigenvalue weighted by Crippen LogP contribution is 2.01. The van der Waals surface area contributed by atoms with Gasteiger partial charge >= 0.3 is 0 Å². The second kappa shape index (κ2) is 3.60. The lowest BCUT2D eigenvalue weighted by atomic mass is 10.1. The van der Waals surface area contributed by atoms with Crippen molar-refractivity contribution in [2.45, 2.75) is 33.3 Å². The van der Waals surface area contributed by atoms with Gasteiger partial charge < -0.3 is 5.11 Å². The van der Waals surface area contributed by atoms with Crippen molar-refractivity contribution in [2.75, 3.05) is 0 Å². The van der Waals surface area contributed by atoms with Crippen LogP contribution in [0.5, 0.6) is 0 Å². The van der Waals surface area contributed by atoms with Crippen LogP contribution in [0.1, 0.15) is 27.7 Å². The molecule has 0 saturated carbocycles. The third kappa shape index (κ3) is 7.48. The average molecular weight is 140 g/mol. The quantitative estimate of drug-likeness (QED) is 0.582. The molecule has 0 saturated heterocycles. The Hall–Kier alpha value is -0.520. The molecule has 0 aliphatic carbocycles.